The van der Waals surface area contributed by atoms with Crippen LogP contribution in [0.1, 0.15) is 33.3 Å². The van der Waals surface area contributed by atoms with Crippen molar-refractivity contribution in [3.05, 3.63) is 63.7 Å². The van der Waals surface area contributed by atoms with Crippen LogP contribution in [0.4, 0.5) is 10.2 Å². The normalized spacial score (nSPS) is 14.5. The van der Waals surface area contributed by atoms with E-state index in [9.17, 15) is 4.79 Å². The van der Waals surface area contributed by atoms with Crippen LogP contribution in [-0.4, -0.2) is 61.6 Å². The van der Waals surface area contributed by atoms with E-state index in [1.807, 2.05) is 36.5 Å². The molecule has 1 aliphatic heterocycles. The average molecular weight is 486 g/mol. The lowest BCUT2D eigenvalue weighted by Gasteiger charge is -2.22. The molecular formula is C24H28FN5O3S. The number of carbonyl (C=O) groups excluding carboxylic acids is 1. The van der Waals surface area contributed by atoms with Gasteiger partial charge in [-0.15, -0.1) is 11.3 Å². The molecule has 34 heavy (non-hydrogen) atoms. The van der Waals surface area contributed by atoms with E-state index in [1.54, 1.807) is 28.4 Å². The fourth-order valence-electron chi connectivity index (χ4n) is 3.81. The van der Waals surface area contributed by atoms with E-state index in [0.717, 1.165) is 17.8 Å². The van der Waals surface area contributed by atoms with Crippen LogP contribution in [0.2, 0.25) is 0 Å². The highest BCUT2D eigenvalue weighted by atomic mass is 32.1. The van der Waals surface area contributed by atoms with Crippen molar-refractivity contribution < 1.29 is 18.7 Å². The SMILES string of the molecule is CNCCC(Oc1ccc(CN2CCN(C)c3nc(OC)ncc3C2=O)c(F)c1)c1cccs1. The second kappa shape index (κ2) is 10.8. The first-order valence-corrected chi connectivity index (χ1v) is 11.9. The summed E-state index contributed by atoms with van der Waals surface area (Å²) in [6, 6.07) is 9.04. The minimum atomic E-state index is -0.410. The lowest BCUT2D eigenvalue weighted by atomic mass is 10.1. The van der Waals surface area contributed by atoms with Crippen LogP contribution >= 0.6 is 11.3 Å². The van der Waals surface area contributed by atoms with E-state index in [1.165, 1.54) is 19.4 Å². The molecule has 1 unspecified atom stereocenters. The van der Waals surface area contributed by atoms with Crippen molar-refractivity contribution in [2.45, 2.75) is 19.1 Å². The largest absolute Gasteiger partial charge is 0.485 e. The summed E-state index contributed by atoms with van der Waals surface area (Å²) in [7, 11) is 5.22. The van der Waals surface area contributed by atoms with Gasteiger partial charge in [0, 0.05) is 55.8 Å². The van der Waals surface area contributed by atoms with Crippen molar-refractivity contribution >= 4 is 23.1 Å². The van der Waals surface area contributed by atoms with Crippen LogP contribution in [0, 0.1) is 5.82 Å². The number of amides is 1. The second-order valence-corrected chi connectivity index (χ2v) is 8.99. The van der Waals surface area contributed by atoms with Gasteiger partial charge in [0.2, 0.25) is 0 Å². The molecule has 8 nitrogen and oxygen atoms in total. The molecule has 0 aliphatic carbocycles. The van der Waals surface area contributed by atoms with Gasteiger partial charge in [-0.3, -0.25) is 4.79 Å². The highest BCUT2D eigenvalue weighted by Crippen LogP contribution is 2.30. The van der Waals surface area contributed by atoms with E-state index in [4.69, 9.17) is 9.47 Å². The number of benzene rings is 1. The molecule has 10 heteroatoms. The zero-order valence-corrected chi connectivity index (χ0v) is 20.3. The van der Waals surface area contributed by atoms with Crippen molar-refractivity contribution in [1.29, 1.82) is 0 Å². The summed E-state index contributed by atoms with van der Waals surface area (Å²) < 4.78 is 26.3. The summed E-state index contributed by atoms with van der Waals surface area (Å²) in [4.78, 5) is 26.1. The number of carbonyl (C=O) groups is 1. The highest BCUT2D eigenvalue weighted by Gasteiger charge is 2.28. The van der Waals surface area contributed by atoms with Crippen LogP contribution < -0.4 is 19.7 Å². The van der Waals surface area contributed by atoms with Crippen LogP contribution in [0.3, 0.4) is 0 Å². The number of likely N-dealkylation sites (N-methyl/N-ethyl adjacent to an activating group) is 1. The third kappa shape index (κ3) is 5.28. The first kappa shape index (κ1) is 23.9. The molecule has 1 N–H and O–H groups in total. The third-order valence-electron chi connectivity index (χ3n) is 5.69. The van der Waals surface area contributed by atoms with Gasteiger partial charge < -0.3 is 24.6 Å². The zero-order chi connectivity index (χ0) is 24.1. The molecule has 0 saturated heterocycles. The number of rotatable bonds is 9. The Morgan fingerprint density at radius 2 is 2.15 bits per heavy atom. The third-order valence-corrected chi connectivity index (χ3v) is 6.66. The minimum Gasteiger partial charge on any atom is -0.485 e. The summed E-state index contributed by atoms with van der Waals surface area (Å²) in [6.45, 7) is 1.90. The molecule has 0 spiro atoms. The van der Waals surface area contributed by atoms with Crippen LogP contribution in [0.25, 0.3) is 0 Å². The molecule has 0 saturated carbocycles. The molecule has 3 heterocycles. The number of halogens is 1. The molecule has 180 valence electrons. The summed E-state index contributed by atoms with van der Waals surface area (Å²) in [6.07, 6.45) is 2.07. The van der Waals surface area contributed by atoms with Gasteiger partial charge in [0.15, 0.2) is 0 Å². The Morgan fingerprint density at radius 1 is 1.29 bits per heavy atom. The van der Waals surface area contributed by atoms with E-state index < -0.39 is 5.82 Å². The Labute approximate surface area is 202 Å². The van der Waals surface area contributed by atoms with Crippen LogP contribution in [0.15, 0.2) is 41.9 Å². The molecule has 2 aromatic heterocycles. The number of thiophene rings is 1. The lowest BCUT2D eigenvalue weighted by Crippen LogP contribution is -2.33. The topological polar surface area (TPSA) is 79.8 Å². The van der Waals surface area contributed by atoms with Gasteiger partial charge in [-0.05, 0) is 31.1 Å². The van der Waals surface area contributed by atoms with Crippen LogP contribution in [-0.2, 0) is 6.54 Å². The van der Waals surface area contributed by atoms with E-state index in [0.29, 0.717) is 35.8 Å². The fraction of sp³-hybridized carbons (Fsp3) is 0.375. The molecule has 4 rings (SSSR count). The summed E-state index contributed by atoms with van der Waals surface area (Å²) in [5.41, 5.74) is 0.786. The lowest BCUT2D eigenvalue weighted by molar-refractivity contribution is 0.0752. The maximum absolute atomic E-state index is 15.1. The Morgan fingerprint density at radius 3 is 2.85 bits per heavy atom. The molecule has 1 atom stereocenters. The van der Waals surface area contributed by atoms with E-state index in [2.05, 4.69) is 15.3 Å². The Balaban J connectivity index is 1.50. The van der Waals surface area contributed by atoms with Crippen molar-refractivity contribution in [3.63, 3.8) is 0 Å². The van der Waals surface area contributed by atoms with E-state index in [-0.39, 0.29) is 24.6 Å². The molecule has 0 radical (unpaired) electrons. The van der Waals surface area contributed by atoms with Gasteiger partial charge in [0.25, 0.3) is 5.91 Å². The standard InChI is InChI=1S/C24H28FN5O3S/c1-26-9-8-20(21-5-4-12-34-21)33-17-7-6-16(19(25)13-17)15-30-11-10-29(2)22-18(23(30)31)14-27-24(28-22)32-3/h4-7,12-14,20,26H,8-11,15H2,1-3H3. The molecule has 3 aromatic rings. The second-order valence-electron chi connectivity index (χ2n) is 8.01. The van der Waals surface area contributed by atoms with Gasteiger partial charge in [-0.25, -0.2) is 9.37 Å². The Kier molecular flexibility index (Phi) is 7.59. The molecular weight excluding hydrogens is 457 g/mol. The predicted molar refractivity (Wildman–Crippen MR) is 129 cm³/mol. The molecule has 1 aromatic carbocycles. The Hall–Kier alpha value is -3.24. The number of nitrogens with zero attached hydrogens (tertiary/aromatic N) is 4. The van der Waals surface area contributed by atoms with Crippen molar-refractivity contribution in [3.8, 4) is 11.8 Å². The highest BCUT2D eigenvalue weighted by molar-refractivity contribution is 7.10. The number of aromatic nitrogens is 2. The van der Waals surface area contributed by atoms with Gasteiger partial charge in [-0.1, -0.05) is 12.1 Å². The number of hydrogen-bond donors (Lipinski definition) is 1. The summed E-state index contributed by atoms with van der Waals surface area (Å²) >= 11 is 1.62. The summed E-state index contributed by atoms with van der Waals surface area (Å²) in [5.74, 6) is 0.312. The number of hydrogen-bond acceptors (Lipinski definition) is 8. The van der Waals surface area contributed by atoms with Crippen molar-refractivity contribution in [2.24, 2.45) is 0 Å². The number of fused-ring (bicyclic) bond motifs is 1. The molecule has 1 aliphatic rings. The summed E-state index contributed by atoms with van der Waals surface area (Å²) in [5, 5.41) is 5.14. The number of anilines is 1. The molecule has 0 fully saturated rings. The van der Waals surface area contributed by atoms with Gasteiger partial charge >= 0.3 is 6.01 Å². The minimum absolute atomic E-state index is 0.137. The van der Waals surface area contributed by atoms with Crippen LogP contribution in [0.5, 0.6) is 11.8 Å². The molecule has 0 bridgehead atoms. The first-order valence-electron chi connectivity index (χ1n) is 11.0. The number of nitrogens with one attached hydrogen (secondary N) is 1. The zero-order valence-electron chi connectivity index (χ0n) is 19.5. The van der Waals surface area contributed by atoms with Crippen molar-refractivity contribution in [1.82, 2.24) is 20.2 Å². The first-order chi connectivity index (χ1) is 16.5. The van der Waals surface area contributed by atoms with Gasteiger partial charge in [0.1, 0.15) is 29.1 Å². The van der Waals surface area contributed by atoms with E-state index >= 15 is 4.39 Å². The smallest absolute Gasteiger partial charge is 0.318 e. The number of ether oxygens (including phenoxy) is 2. The number of methoxy groups -OCH3 is 1. The average Bonchev–Trinajstić information content (AvgIpc) is 3.36. The quantitative estimate of drug-likeness (QED) is 0.497. The predicted octanol–water partition coefficient (Wildman–Crippen LogP) is 3.51. The van der Waals surface area contributed by atoms with Gasteiger partial charge in [0.05, 0.1) is 7.11 Å². The Bertz CT molecular complexity index is 1130. The van der Waals surface area contributed by atoms with Gasteiger partial charge in [-0.2, -0.15) is 4.98 Å². The molecule has 1 amide bonds. The maximum atomic E-state index is 15.1. The monoisotopic (exact) mass is 485 g/mol. The van der Waals surface area contributed by atoms with Crippen molar-refractivity contribution in [2.75, 3.05) is 45.7 Å². The maximum Gasteiger partial charge on any atom is 0.318 e. The fourth-order valence-corrected chi connectivity index (χ4v) is 4.59.